The fourth-order valence-electron chi connectivity index (χ4n) is 2.25. The van der Waals surface area contributed by atoms with Crippen LogP contribution in [0.2, 0.25) is 0 Å². The normalized spacial score (nSPS) is 28.1. The molecule has 3 unspecified atom stereocenters. The van der Waals surface area contributed by atoms with Crippen molar-refractivity contribution in [3.63, 3.8) is 0 Å². The van der Waals surface area contributed by atoms with Gasteiger partial charge in [-0.05, 0) is 37.3 Å². The summed E-state index contributed by atoms with van der Waals surface area (Å²) in [7, 11) is 0. The lowest BCUT2D eigenvalue weighted by atomic mass is 10.1. The van der Waals surface area contributed by atoms with Gasteiger partial charge in [-0.3, -0.25) is 0 Å². The monoisotopic (exact) mass is 209 g/mol. The lowest BCUT2D eigenvalue weighted by Crippen LogP contribution is -2.30. The van der Waals surface area contributed by atoms with E-state index in [4.69, 9.17) is 4.42 Å². The number of rotatable bonds is 4. The molecule has 0 radical (unpaired) electrons. The van der Waals surface area contributed by atoms with Gasteiger partial charge in [-0.2, -0.15) is 0 Å². The van der Waals surface area contributed by atoms with Gasteiger partial charge in [0.2, 0.25) is 0 Å². The summed E-state index contributed by atoms with van der Waals surface area (Å²) < 4.78 is 5.14. The highest BCUT2D eigenvalue weighted by Crippen LogP contribution is 2.25. The zero-order valence-electron chi connectivity index (χ0n) is 9.15. The Morgan fingerprint density at radius 3 is 3.07 bits per heavy atom. The largest absolute Gasteiger partial charge is 0.467 e. The zero-order valence-corrected chi connectivity index (χ0v) is 9.15. The molecule has 1 heterocycles. The van der Waals surface area contributed by atoms with Gasteiger partial charge in [-0.15, -0.1) is 0 Å². The van der Waals surface area contributed by atoms with Crippen molar-refractivity contribution in [1.82, 2.24) is 5.32 Å². The van der Waals surface area contributed by atoms with E-state index in [-0.39, 0.29) is 0 Å². The highest BCUT2D eigenvalue weighted by molar-refractivity contribution is 5.02. The van der Waals surface area contributed by atoms with Crippen LogP contribution in [-0.4, -0.2) is 17.7 Å². The van der Waals surface area contributed by atoms with Crippen LogP contribution in [0, 0.1) is 5.92 Å². The van der Waals surface area contributed by atoms with E-state index >= 15 is 0 Å². The van der Waals surface area contributed by atoms with E-state index in [1.165, 1.54) is 19.3 Å². The average Bonchev–Trinajstić information content (AvgIpc) is 2.84. The summed E-state index contributed by atoms with van der Waals surface area (Å²) in [5.74, 6) is 1.47. The predicted molar refractivity (Wildman–Crippen MR) is 58.5 cm³/mol. The first-order valence-electron chi connectivity index (χ1n) is 5.70. The Bertz CT molecular complexity index is 284. The maximum Gasteiger partial charge on any atom is 0.133 e. The molecule has 1 aromatic rings. The maximum atomic E-state index is 9.78. The van der Waals surface area contributed by atoms with Gasteiger partial charge in [0, 0.05) is 12.6 Å². The number of hydrogen-bond acceptors (Lipinski definition) is 3. The van der Waals surface area contributed by atoms with Gasteiger partial charge in [0.1, 0.15) is 11.9 Å². The second kappa shape index (κ2) is 4.81. The molecule has 1 saturated carbocycles. The highest BCUT2D eigenvalue weighted by Gasteiger charge is 2.21. The third-order valence-electron chi connectivity index (χ3n) is 3.17. The second-order valence-corrected chi connectivity index (χ2v) is 4.55. The molecule has 0 aromatic carbocycles. The van der Waals surface area contributed by atoms with Crippen molar-refractivity contribution in [2.45, 2.75) is 38.3 Å². The third kappa shape index (κ3) is 2.83. The van der Waals surface area contributed by atoms with Crippen molar-refractivity contribution < 1.29 is 9.52 Å². The van der Waals surface area contributed by atoms with Crippen LogP contribution in [0.15, 0.2) is 22.8 Å². The summed E-state index contributed by atoms with van der Waals surface area (Å²) in [5, 5.41) is 13.2. The molecule has 1 aliphatic rings. The van der Waals surface area contributed by atoms with Crippen LogP contribution >= 0.6 is 0 Å². The van der Waals surface area contributed by atoms with Crippen molar-refractivity contribution in [2.75, 3.05) is 6.54 Å². The first-order valence-corrected chi connectivity index (χ1v) is 5.70. The highest BCUT2D eigenvalue weighted by atomic mass is 16.4. The van der Waals surface area contributed by atoms with E-state index in [0.29, 0.717) is 18.3 Å². The molecule has 2 N–H and O–H groups in total. The molecule has 1 fully saturated rings. The number of furan rings is 1. The van der Waals surface area contributed by atoms with Crippen molar-refractivity contribution in [1.29, 1.82) is 0 Å². The van der Waals surface area contributed by atoms with Gasteiger partial charge >= 0.3 is 0 Å². The van der Waals surface area contributed by atoms with Crippen LogP contribution in [0.1, 0.15) is 38.1 Å². The van der Waals surface area contributed by atoms with E-state index in [9.17, 15) is 5.11 Å². The molecule has 1 aliphatic carbocycles. The lowest BCUT2D eigenvalue weighted by Gasteiger charge is -2.14. The second-order valence-electron chi connectivity index (χ2n) is 4.55. The molecule has 0 amide bonds. The summed E-state index contributed by atoms with van der Waals surface area (Å²) >= 11 is 0. The Labute approximate surface area is 90.5 Å². The molecule has 0 aliphatic heterocycles. The Morgan fingerprint density at radius 1 is 1.60 bits per heavy atom. The summed E-state index contributed by atoms with van der Waals surface area (Å²) in [5.41, 5.74) is 0. The molecule has 0 saturated heterocycles. The van der Waals surface area contributed by atoms with E-state index in [2.05, 4.69) is 12.2 Å². The first-order chi connectivity index (χ1) is 7.25. The Hall–Kier alpha value is -0.800. The van der Waals surface area contributed by atoms with Crippen LogP contribution in [-0.2, 0) is 0 Å². The number of aliphatic hydroxyl groups excluding tert-OH is 1. The molecule has 0 bridgehead atoms. The molecular formula is C12H19NO2. The van der Waals surface area contributed by atoms with Crippen molar-refractivity contribution in [2.24, 2.45) is 5.92 Å². The van der Waals surface area contributed by atoms with Crippen LogP contribution in [0.25, 0.3) is 0 Å². The fraction of sp³-hybridized carbons (Fsp3) is 0.667. The molecule has 3 nitrogen and oxygen atoms in total. The van der Waals surface area contributed by atoms with Crippen LogP contribution < -0.4 is 5.32 Å². The molecule has 3 heteroatoms. The van der Waals surface area contributed by atoms with E-state index in [1.807, 2.05) is 6.07 Å². The van der Waals surface area contributed by atoms with Crippen molar-refractivity contribution >= 4 is 0 Å². The smallest absolute Gasteiger partial charge is 0.133 e. The quantitative estimate of drug-likeness (QED) is 0.798. The van der Waals surface area contributed by atoms with Crippen molar-refractivity contribution in [3.8, 4) is 0 Å². The number of hydrogen-bond donors (Lipinski definition) is 2. The van der Waals surface area contributed by atoms with Crippen molar-refractivity contribution in [3.05, 3.63) is 24.2 Å². The van der Waals surface area contributed by atoms with Gasteiger partial charge in [0.15, 0.2) is 0 Å². The predicted octanol–water partition coefficient (Wildman–Crippen LogP) is 2.09. The first kappa shape index (κ1) is 10.7. The van der Waals surface area contributed by atoms with E-state index in [1.54, 1.807) is 12.3 Å². The lowest BCUT2D eigenvalue weighted by molar-refractivity contribution is 0.143. The van der Waals surface area contributed by atoms with Gasteiger partial charge in [-0.1, -0.05) is 6.92 Å². The van der Waals surface area contributed by atoms with Crippen LogP contribution in [0.5, 0.6) is 0 Å². The summed E-state index contributed by atoms with van der Waals surface area (Å²) in [4.78, 5) is 0. The summed E-state index contributed by atoms with van der Waals surface area (Å²) in [6.07, 6.45) is 4.83. The number of nitrogens with one attached hydrogen (secondary N) is 1. The molecule has 15 heavy (non-hydrogen) atoms. The Balaban J connectivity index is 1.74. The van der Waals surface area contributed by atoms with E-state index < -0.39 is 6.10 Å². The molecule has 84 valence electrons. The number of aliphatic hydroxyl groups is 1. The zero-order chi connectivity index (χ0) is 10.7. The van der Waals surface area contributed by atoms with Crippen LogP contribution in [0.4, 0.5) is 0 Å². The van der Waals surface area contributed by atoms with Gasteiger partial charge in [0.05, 0.1) is 6.26 Å². The van der Waals surface area contributed by atoms with E-state index in [0.717, 1.165) is 5.92 Å². The SMILES string of the molecule is CC1CCC(NCC(O)c2ccco2)C1. The molecule has 2 rings (SSSR count). The Morgan fingerprint density at radius 2 is 2.47 bits per heavy atom. The van der Waals surface area contributed by atoms with Gasteiger partial charge < -0.3 is 14.8 Å². The standard InChI is InChI=1S/C12H19NO2/c1-9-4-5-10(7-9)13-8-11(14)12-3-2-6-15-12/h2-3,6,9-11,13-14H,4-5,7-8H2,1H3. The Kier molecular flexibility index (Phi) is 3.44. The minimum Gasteiger partial charge on any atom is -0.467 e. The molecular weight excluding hydrogens is 190 g/mol. The summed E-state index contributed by atoms with van der Waals surface area (Å²) in [6.45, 7) is 2.87. The van der Waals surface area contributed by atoms with Crippen LogP contribution in [0.3, 0.4) is 0 Å². The minimum atomic E-state index is -0.518. The summed E-state index contributed by atoms with van der Waals surface area (Å²) in [6, 6.07) is 4.18. The molecule has 3 atom stereocenters. The fourth-order valence-corrected chi connectivity index (χ4v) is 2.25. The third-order valence-corrected chi connectivity index (χ3v) is 3.17. The maximum absolute atomic E-state index is 9.78. The molecule has 0 spiro atoms. The van der Waals surface area contributed by atoms with Gasteiger partial charge in [-0.25, -0.2) is 0 Å². The minimum absolute atomic E-state index is 0.518. The molecule has 1 aromatic heterocycles. The topological polar surface area (TPSA) is 45.4 Å². The van der Waals surface area contributed by atoms with Gasteiger partial charge in [0.25, 0.3) is 0 Å². The average molecular weight is 209 g/mol.